The Morgan fingerprint density at radius 3 is 2.76 bits per heavy atom. The molecule has 176 valence electrons. The number of anilines is 1. The van der Waals surface area contributed by atoms with E-state index in [9.17, 15) is 5.11 Å². The Kier molecular flexibility index (Phi) is 5.42. The molecule has 0 unspecified atom stereocenters. The smallest absolute Gasteiger partial charge is 0.231 e. The molecule has 2 aliphatic rings. The van der Waals surface area contributed by atoms with Crippen molar-refractivity contribution in [3.8, 4) is 34.6 Å². The van der Waals surface area contributed by atoms with E-state index in [1.807, 2.05) is 18.0 Å². The van der Waals surface area contributed by atoms with E-state index in [1.54, 1.807) is 25.4 Å². The van der Waals surface area contributed by atoms with Gasteiger partial charge in [-0.15, -0.1) is 10.2 Å². The predicted molar refractivity (Wildman–Crippen MR) is 123 cm³/mol. The zero-order valence-electron chi connectivity index (χ0n) is 19.5. The molecule has 34 heavy (non-hydrogen) atoms. The predicted octanol–water partition coefficient (Wildman–Crippen LogP) is 3.65. The van der Waals surface area contributed by atoms with Crippen LogP contribution in [-0.4, -0.2) is 54.3 Å². The Bertz CT molecular complexity index is 1250. The molecule has 1 aromatic carbocycles. The summed E-state index contributed by atoms with van der Waals surface area (Å²) in [5, 5.41) is 32.4. The summed E-state index contributed by atoms with van der Waals surface area (Å²) in [7, 11) is 3.49. The van der Waals surface area contributed by atoms with Crippen molar-refractivity contribution in [3.63, 3.8) is 0 Å². The first kappa shape index (κ1) is 22.2. The van der Waals surface area contributed by atoms with Crippen LogP contribution >= 0.6 is 0 Å². The zero-order chi connectivity index (χ0) is 24.0. The number of hydrogen-bond acceptors (Lipinski definition) is 8. The first-order valence-corrected chi connectivity index (χ1v) is 11.5. The number of aromatic nitrogens is 6. The molecule has 2 fully saturated rings. The minimum atomic E-state index is -0.891. The van der Waals surface area contributed by atoms with E-state index in [0.717, 1.165) is 32.1 Å². The fourth-order valence-corrected chi connectivity index (χ4v) is 5.56. The highest BCUT2D eigenvalue weighted by Gasteiger charge is 2.47. The maximum absolute atomic E-state index is 15.3. The Morgan fingerprint density at radius 2 is 2.09 bits per heavy atom. The van der Waals surface area contributed by atoms with E-state index in [-0.39, 0.29) is 34.8 Å². The molecule has 2 heterocycles. The molecule has 9 nitrogen and oxygen atoms in total. The maximum atomic E-state index is 15.3. The summed E-state index contributed by atoms with van der Waals surface area (Å²) in [6, 6.07) is 6.61. The van der Waals surface area contributed by atoms with Crippen molar-refractivity contribution < 1.29 is 9.50 Å². The molecule has 1 N–H and O–H groups in total. The lowest BCUT2D eigenvalue weighted by Crippen LogP contribution is -2.52. The molecule has 0 saturated heterocycles. The number of nitrogens with zero attached hydrogens (tertiary/aromatic N) is 8. The van der Waals surface area contributed by atoms with Crippen molar-refractivity contribution in [1.82, 2.24) is 29.9 Å². The van der Waals surface area contributed by atoms with Crippen LogP contribution in [0, 0.1) is 22.7 Å². The van der Waals surface area contributed by atoms with Gasteiger partial charge in [0.05, 0.1) is 17.8 Å². The SMILES string of the molecule is CN(c1cnc(-c2ccc(-c3nc(C#N)n(C)n3)cc2O)nn1)[C@H]1C[C@]2(C)CCC[C@@H](C2)[C@H]1F. The first-order valence-electron chi connectivity index (χ1n) is 11.5. The number of nitriles is 1. The average molecular weight is 463 g/mol. The highest BCUT2D eigenvalue weighted by atomic mass is 19.1. The third kappa shape index (κ3) is 3.85. The van der Waals surface area contributed by atoms with Gasteiger partial charge in [0, 0.05) is 19.7 Å². The molecule has 2 bridgehead atoms. The highest BCUT2D eigenvalue weighted by Crippen LogP contribution is 2.50. The Morgan fingerprint density at radius 1 is 1.26 bits per heavy atom. The molecule has 0 amide bonds. The normalized spacial score (nSPS) is 26.1. The van der Waals surface area contributed by atoms with Crippen molar-refractivity contribution in [2.45, 2.75) is 51.2 Å². The fourth-order valence-electron chi connectivity index (χ4n) is 5.56. The molecule has 2 aliphatic carbocycles. The van der Waals surface area contributed by atoms with E-state index >= 15 is 4.39 Å². The Hall–Kier alpha value is -3.61. The third-order valence-electron chi connectivity index (χ3n) is 7.40. The molecule has 0 aliphatic heterocycles. The van der Waals surface area contributed by atoms with Crippen LogP contribution in [0.3, 0.4) is 0 Å². The van der Waals surface area contributed by atoms with Gasteiger partial charge in [0.1, 0.15) is 18.0 Å². The van der Waals surface area contributed by atoms with Crippen molar-refractivity contribution in [2.24, 2.45) is 18.4 Å². The van der Waals surface area contributed by atoms with Crippen molar-refractivity contribution in [3.05, 3.63) is 30.2 Å². The summed E-state index contributed by atoms with van der Waals surface area (Å²) in [5.41, 5.74) is 1.15. The largest absolute Gasteiger partial charge is 0.507 e. The highest BCUT2D eigenvalue weighted by molar-refractivity contribution is 5.70. The van der Waals surface area contributed by atoms with Gasteiger partial charge in [-0.1, -0.05) is 19.4 Å². The summed E-state index contributed by atoms with van der Waals surface area (Å²) in [6.07, 6.45) is 5.64. The van der Waals surface area contributed by atoms with Gasteiger partial charge < -0.3 is 10.0 Å². The molecule has 0 radical (unpaired) electrons. The van der Waals surface area contributed by atoms with Gasteiger partial charge in [0.15, 0.2) is 17.5 Å². The van der Waals surface area contributed by atoms with Gasteiger partial charge in [0.25, 0.3) is 0 Å². The van der Waals surface area contributed by atoms with E-state index < -0.39 is 6.17 Å². The molecular weight excluding hydrogens is 435 g/mol. The van der Waals surface area contributed by atoms with Gasteiger partial charge in [-0.3, -0.25) is 0 Å². The van der Waals surface area contributed by atoms with Crippen LogP contribution in [0.5, 0.6) is 5.75 Å². The van der Waals surface area contributed by atoms with Crippen molar-refractivity contribution >= 4 is 5.82 Å². The van der Waals surface area contributed by atoms with Gasteiger partial charge >= 0.3 is 0 Å². The maximum Gasteiger partial charge on any atom is 0.231 e. The zero-order valence-corrected chi connectivity index (χ0v) is 19.5. The summed E-state index contributed by atoms with van der Waals surface area (Å²) in [5.74, 6) is 1.34. The molecular formula is C24H27FN8O. The number of alkyl halides is 1. The topological polar surface area (TPSA) is 117 Å². The fraction of sp³-hybridized carbons (Fsp3) is 0.500. The standard InChI is InChI=1S/C24H27FN8O/c1-24-8-4-5-15(10-24)21(25)17(11-24)32(2)20-13-27-23(30-29-20)16-7-6-14(9-18(16)34)22-28-19(12-26)33(3)31-22/h6-7,9,13,15,17,21,34H,4-5,8,10-11H2,1-3H3/t15-,17-,21+,24+/m0/s1. The number of fused-ring (bicyclic) bond motifs is 2. The molecule has 2 aromatic heterocycles. The van der Waals surface area contributed by atoms with Gasteiger partial charge in [-0.05, 0) is 49.1 Å². The number of aryl methyl sites for hydroxylation is 1. The minimum absolute atomic E-state index is 0.0526. The molecule has 0 spiro atoms. The van der Waals surface area contributed by atoms with Crippen molar-refractivity contribution in [1.29, 1.82) is 5.26 Å². The quantitative estimate of drug-likeness (QED) is 0.624. The van der Waals surface area contributed by atoms with Crippen LogP contribution in [-0.2, 0) is 7.05 Å². The number of phenolic OH excluding ortho intramolecular Hbond substituents is 1. The average Bonchev–Trinajstić information content (AvgIpc) is 3.22. The van der Waals surface area contributed by atoms with Crippen LogP contribution in [0.1, 0.15) is 44.9 Å². The molecule has 2 saturated carbocycles. The second-order valence-corrected chi connectivity index (χ2v) is 9.86. The molecule has 5 rings (SSSR count). The molecule has 10 heteroatoms. The number of phenols is 1. The number of rotatable bonds is 4. The van der Waals surface area contributed by atoms with Crippen molar-refractivity contribution in [2.75, 3.05) is 11.9 Å². The van der Waals surface area contributed by atoms with E-state index in [1.165, 1.54) is 10.7 Å². The van der Waals surface area contributed by atoms with Crippen LogP contribution in [0.2, 0.25) is 0 Å². The lowest BCUT2D eigenvalue weighted by Gasteiger charge is -2.50. The van der Waals surface area contributed by atoms with Gasteiger partial charge in [-0.25, -0.2) is 14.1 Å². The van der Waals surface area contributed by atoms with E-state index in [4.69, 9.17) is 5.26 Å². The molecule has 3 aromatic rings. The van der Waals surface area contributed by atoms with Gasteiger partial charge in [-0.2, -0.15) is 15.3 Å². The summed E-state index contributed by atoms with van der Waals surface area (Å²) < 4.78 is 16.7. The number of hydrogen-bond donors (Lipinski definition) is 1. The second kappa shape index (κ2) is 8.31. The Balaban J connectivity index is 1.36. The lowest BCUT2D eigenvalue weighted by molar-refractivity contribution is 0.0113. The third-order valence-corrected chi connectivity index (χ3v) is 7.40. The van der Waals surface area contributed by atoms with Crippen LogP contribution in [0.25, 0.3) is 22.8 Å². The summed E-state index contributed by atoms with van der Waals surface area (Å²) in [6.45, 7) is 2.27. The Labute approximate surface area is 197 Å². The first-order chi connectivity index (χ1) is 16.3. The molecule has 4 atom stereocenters. The number of halogens is 1. The minimum Gasteiger partial charge on any atom is -0.507 e. The van der Waals surface area contributed by atoms with Crippen LogP contribution in [0.4, 0.5) is 10.2 Å². The lowest BCUT2D eigenvalue weighted by atomic mass is 9.60. The van der Waals surface area contributed by atoms with Crippen LogP contribution < -0.4 is 4.90 Å². The number of benzene rings is 1. The summed E-state index contributed by atoms with van der Waals surface area (Å²) in [4.78, 5) is 10.4. The summed E-state index contributed by atoms with van der Waals surface area (Å²) >= 11 is 0. The van der Waals surface area contributed by atoms with Crippen LogP contribution in [0.15, 0.2) is 24.4 Å². The van der Waals surface area contributed by atoms with Gasteiger partial charge in [0.2, 0.25) is 5.82 Å². The monoisotopic (exact) mass is 462 g/mol. The van der Waals surface area contributed by atoms with E-state index in [2.05, 4.69) is 32.2 Å². The number of aromatic hydroxyl groups is 1. The second-order valence-electron chi connectivity index (χ2n) is 9.86. The van der Waals surface area contributed by atoms with E-state index in [0.29, 0.717) is 22.8 Å².